The predicted molar refractivity (Wildman–Crippen MR) is 56.4 cm³/mol. The van der Waals surface area contributed by atoms with Gasteiger partial charge >= 0.3 is 5.97 Å². The average Bonchev–Trinajstić information content (AvgIpc) is 2.96. The smallest absolute Gasteiger partial charge is 0.317 e. The Labute approximate surface area is 93.4 Å². The lowest BCUT2D eigenvalue weighted by molar-refractivity contribution is -0.146. The molecular weight excluding hydrogens is 207 g/mol. The summed E-state index contributed by atoms with van der Waals surface area (Å²) in [6, 6.07) is 6.33. The van der Waals surface area contributed by atoms with Gasteiger partial charge in [0.05, 0.1) is 5.41 Å². The van der Waals surface area contributed by atoms with Gasteiger partial charge in [0.15, 0.2) is 0 Å². The molecule has 3 rings (SSSR count). The lowest BCUT2D eigenvalue weighted by Gasteiger charge is -2.10. The Hall–Kier alpha value is -1.38. The van der Waals surface area contributed by atoms with E-state index in [-0.39, 0.29) is 23.8 Å². The molecule has 2 fully saturated rings. The number of cyclic esters (lactones) is 1. The van der Waals surface area contributed by atoms with Crippen molar-refractivity contribution < 1.29 is 13.9 Å². The van der Waals surface area contributed by atoms with Gasteiger partial charge < -0.3 is 4.74 Å². The summed E-state index contributed by atoms with van der Waals surface area (Å²) >= 11 is 0. The van der Waals surface area contributed by atoms with Gasteiger partial charge in [-0.3, -0.25) is 4.79 Å². The minimum absolute atomic E-state index is 0.0239. The largest absolute Gasteiger partial charge is 0.461 e. The van der Waals surface area contributed by atoms with Crippen LogP contribution in [-0.2, 0) is 14.9 Å². The van der Waals surface area contributed by atoms with Crippen LogP contribution < -0.4 is 0 Å². The first kappa shape index (κ1) is 9.82. The highest BCUT2D eigenvalue weighted by Gasteiger charge is 2.70. The third-order valence-electron chi connectivity index (χ3n) is 3.83. The van der Waals surface area contributed by atoms with Crippen molar-refractivity contribution in [3.05, 3.63) is 35.6 Å². The van der Waals surface area contributed by atoms with E-state index in [1.807, 2.05) is 13.0 Å². The van der Waals surface area contributed by atoms with Crippen LogP contribution in [0.25, 0.3) is 0 Å². The first-order valence-electron chi connectivity index (χ1n) is 5.65. The molecule has 16 heavy (non-hydrogen) atoms. The zero-order chi connectivity index (χ0) is 11.3. The van der Waals surface area contributed by atoms with E-state index < -0.39 is 5.41 Å². The second-order valence-electron chi connectivity index (χ2n) is 4.64. The molecule has 3 heteroatoms. The van der Waals surface area contributed by atoms with Crippen molar-refractivity contribution >= 4 is 5.97 Å². The molecule has 2 unspecified atom stereocenters. The molecule has 2 nitrogen and oxygen atoms in total. The Kier molecular flexibility index (Phi) is 1.88. The third-order valence-corrected chi connectivity index (χ3v) is 3.83. The van der Waals surface area contributed by atoms with Crippen molar-refractivity contribution in [2.45, 2.75) is 31.3 Å². The van der Waals surface area contributed by atoms with Gasteiger partial charge in [-0.1, -0.05) is 19.1 Å². The normalized spacial score (nSPS) is 35.8. The van der Waals surface area contributed by atoms with Gasteiger partial charge in [-0.05, 0) is 30.5 Å². The number of carbonyl (C=O) groups excluding carboxylic acids is 1. The number of halogens is 1. The van der Waals surface area contributed by atoms with E-state index in [2.05, 4.69) is 0 Å². The van der Waals surface area contributed by atoms with Crippen molar-refractivity contribution in [3.63, 3.8) is 0 Å². The van der Waals surface area contributed by atoms with Crippen molar-refractivity contribution in [2.24, 2.45) is 5.92 Å². The highest BCUT2D eigenvalue weighted by Crippen LogP contribution is 2.62. The molecule has 1 saturated carbocycles. The van der Waals surface area contributed by atoms with Crippen LogP contribution in [0.15, 0.2) is 24.3 Å². The van der Waals surface area contributed by atoms with E-state index in [1.54, 1.807) is 6.07 Å². The summed E-state index contributed by atoms with van der Waals surface area (Å²) in [4.78, 5) is 11.9. The number of fused-ring (bicyclic) bond motifs is 1. The zero-order valence-corrected chi connectivity index (χ0v) is 9.07. The van der Waals surface area contributed by atoms with Crippen LogP contribution >= 0.6 is 0 Å². The van der Waals surface area contributed by atoms with Crippen molar-refractivity contribution in [2.75, 3.05) is 0 Å². The quantitative estimate of drug-likeness (QED) is 0.715. The Balaban J connectivity index is 2.00. The molecule has 1 aromatic carbocycles. The van der Waals surface area contributed by atoms with E-state index in [0.29, 0.717) is 0 Å². The van der Waals surface area contributed by atoms with Gasteiger partial charge in [0.1, 0.15) is 11.9 Å². The summed E-state index contributed by atoms with van der Waals surface area (Å²) in [5.41, 5.74) is 0.251. The topological polar surface area (TPSA) is 26.3 Å². The fourth-order valence-corrected chi connectivity index (χ4v) is 2.88. The summed E-state index contributed by atoms with van der Waals surface area (Å²) in [5.74, 6) is -0.202. The average molecular weight is 220 g/mol. The van der Waals surface area contributed by atoms with E-state index in [1.165, 1.54) is 12.1 Å². The number of carbonyl (C=O) groups is 1. The highest BCUT2D eigenvalue weighted by molar-refractivity contribution is 5.90. The van der Waals surface area contributed by atoms with Gasteiger partial charge in [-0.2, -0.15) is 0 Å². The molecule has 1 saturated heterocycles. The summed E-state index contributed by atoms with van der Waals surface area (Å²) < 4.78 is 18.5. The van der Waals surface area contributed by atoms with Gasteiger partial charge in [0.25, 0.3) is 0 Å². The number of hydrogen-bond acceptors (Lipinski definition) is 2. The monoisotopic (exact) mass is 220 g/mol. The van der Waals surface area contributed by atoms with E-state index in [4.69, 9.17) is 4.74 Å². The maximum absolute atomic E-state index is 13.2. The Bertz CT molecular complexity index is 457. The van der Waals surface area contributed by atoms with Gasteiger partial charge in [0.2, 0.25) is 0 Å². The van der Waals surface area contributed by atoms with Crippen molar-refractivity contribution in [1.82, 2.24) is 0 Å². The highest BCUT2D eigenvalue weighted by atomic mass is 19.1. The van der Waals surface area contributed by atoms with E-state index in [0.717, 1.165) is 18.4 Å². The van der Waals surface area contributed by atoms with Crippen molar-refractivity contribution in [3.8, 4) is 0 Å². The molecule has 1 aromatic rings. The molecule has 0 radical (unpaired) electrons. The van der Waals surface area contributed by atoms with Crippen LogP contribution in [0.1, 0.15) is 25.3 Å². The molecule has 2 aliphatic rings. The molecule has 0 aromatic heterocycles. The Morgan fingerprint density at radius 1 is 1.56 bits per heavy atom. The molecule has 0 N–H and O–H groups in total. The third kappa shape index (κ3) is 1.09. The second-order valence-corrected chi connectivity index (χ2v) is 4.64. The Morgan fingerprint density at radius 3 is 2.94 bits per heavy atom. The molecular formula is C13H13FO2. The van der Waals surface area contributed by atoms with Crippen LogP contribution in [0.5, 0.6) is 0 Å². The van der Waals surface area contributed by atoms with Crippen LogP contribution in [0.2, 0.25) is 0 Å². The molecule has 1 heterocycles. The molecule has 84 valence electrons. The van der Waals surface area contributed by atoms with Crippen LogP contribution in [0, 0.1) is 11.7 Å². The second kappa shape index (κ2) is 3.06. The number of hydrogen-bond donors (Lipinski definition) is 0. The minimum Gasteiger partial charge on any atom is -0.461 e. The molecule has 0 spiro atoms. The number of ether oxygens (including phenoxy) is 1. The number of benzene rings is 1. The van der Waals surface area contributed by atoms with Gasteiger partial charge in [0, 0.05) is 5.92 Å². The van der Waals surface area contributed by atoms with E-state index >= 15 is 0 Å². The minimum atomic E-state index is -0.525. The number of esters is 1. The zero-order valence-electron chi connectivity index (χ0n) is 9.07. The van der Waals surface area contributed by atoms with Gasteiger partial charge in [-0.15, -0.1) is 0 Å². The molecule has 0 bridgehead atoms. The van der Waals surface area contributed by atoms with Crippen LogP contribution in [0.3, 0.4) is 0 Å². The predicted octanol–water partition coefficient (Wildman–Crippen LogP) is 2.42. The first-order valence-corrected chi connectivity index (χ1v) is 5.65. The van der Waals surface area contributed by atoms with Gasteiger partial charge in [-0.25, -0.2) is 4.39 Å². The lowest BCUT2D eigenvalue weighted by atomic mass is 9.93. The lowest BCUT2D eigenvalue weighted by Crippen LogP contribution is -2.19. The molecule has 1 aliphatic heterocycles. The summed E-state index contributed by atoms with van der Waals surface area (Å²) in [5, 5.41) is 0. The fourth-order valence-electron chi connectivity index (χ4n) is 2.88. The first-order chi connectivity index (χ1) is 7.68. The number of rotatable bonds is 2. The maximum Gasteiger partial charge on any atom is 0.317 e. The van der Waals surface area contributed by atoms with Crippen LogP contribution in [0.4, 0.5) is 4.39 Å². The fraction of sp³-hybridized carbons (Fsp3) is 0.462. The van der Waals surface area contributed by atoms with Crippen molar-refractivity contribution in [1.29, 1.82) is 0 Å². The molecule has 3 atom stereocenters. The summed E-state index contributed by atoms with van der Waals surface area (Å²) in [7, 11) is 0. The SMILES string of the molecule is CCC1OC(=O)[C@@]2(c3cccc(F)c3)CC12. The standard InChI is InChI=1S/C13H13FO2/c1-2-11-10-7-13(10,12(15)16-11)8-4-3-5-9(14)6-8/h3-6,10-11H,2,7H2,1H3/t10?,11?,13-/m1/s1. The molecule has 0 amide bonds. The Morgan fingerprint density at radius 2 is 2.38 bits per heavy atom. The van der Waals surface area contributed by atoms with E-state index in [9.17, 15) is 9.18 Å². The molecule has 1 aliphatic carbocycles. The summed E-state index contributed by atoms with van der Waals surface area (Å²) in [6.45, 7) is 2.01. The maximum atomic E-state index is 13.2. The van der Waals surface area contributed by atoms with Crippen LogP contribution in [-0.4, -0.2) is 12.1 Å². The summed E-state index contributed by atoms with van der Waals surface area (Å²) in [6.07, 6.45) is 1.68.